The van der Waals surface area contributed by atoms with E-state index in [4.69, 9.17) is 0 Å². The molecule has 14 heavy (non-hydrogen) atoms. The molecule has 1 heterocycles. The normalized spacial score (nSPS) is 9.71. The Bertz CT molecular complexity index is 461. The lowest BCUT2D eigenvalue weighted by Crippen LogP contribution is -1.99. The van der Waals surface area contributed by atoms with E-state index in [1.165, 1.54) is 11.5 Å². The molecule has 0 bridgehead atoms. The molecule has 0 amide bonds. The van der Waals surface area contributed by atoms with Crippen molar-refractivity contribution in [2.45, 2.75) is 0 Å². The first kappa shape index (κ1) is 9.23. The largest absolute Gasteiger partial charge is 0.212 e. The van der Waals surface area contributed by atoms with Gasteiger partial charge in [-0.1, -0.05) is 34.8 Å². The summed E-state index contributed by atoms with van der Waals surface area (Å²) in [6.07, 6.45) is 1.61. The molecule has 3 nitrogen and oxygen atoms in total. The minimum Gasteiger partial charge on any atom is -0.212 e. The van der Waals surface area contributed by atoms with Crippen molar-refractivity contribution in [3.63, 3.8) is 0 Å². The van der Waals surface area contributed by atoms with Crippen LogP contribution in [-0.4, -0.2) is 18.7 Å². The lowest BCUT2D eigenvalue weighted by Gasteiger charge is -1.97. The van der Waals surface area contributed by atoms with Crippen LogP contribution in [0.15, 0.2) is 36.5 Å². The SMILES string of the molecule is O=S=C(c1ccccc1)c1cnns1. The van der Waals surface area contributed by atoms with E-state index in [1.807, 2.05) is 30.3 Å². The quantitative estimate of drug-likeness (QED) is 0.568. The van der Waals surface area contributed by atoms with Crippen LogP contribution in [0, 0.1) is 0 Å². The molecule has 0 aliphatic heterocycles. The van der Waals surface area contributed by atoms with Gasteiger partial charge in [-0.3, -0.25) is 0 Å². The molecule has 0 aliphatic carbocycles. The van der Waals surface area contributed by atoms with Gasteiger partial charge in [0, 0.05) is 0 Å². The number of benzene rings is 1. The molecule has 0 unspecified atom stereocenters. The minimum absolute atomic E-state index is 0.478. The molecular formula is C9H6N2OS2. The molecule has 0 N–H and O–H groups in total. The van der Waals surface area contributed by atoms with Gasteiger partial charge in [0.05, 0.1) is 27.2 Å². The summed E-state index contributed by atoms with van der Waals surface area (Å²) in [4.78, 5) is 1.50. The summed E-state index contributed by atoms with van der Waals surface area (Å²) in [6.45, 7) is 0. The van der Waals surface area contributed by atoms with E-state index >= 15 is 0 Å². The van der Waals surface area contributed by atoms with Crippen molar-refractivity contribution >= 4 is 27.7 Å². The van der Waals surface area contributed by atoms with Crippen LogP contribution in [0.3, 0.4) is 0 Å². The summed E-state index contributed by atoms with van der Waals surface area (Å²) in [5.41, 5.74) is 0.915. The minimum atomic E-state index is 0.478. The Morgan fingerprint density at radius 1 is 1.29 bits per heavy atom. The molecule has 0 fully saturated rings. The highest BCUT2D eigenvalue weighted by atomic mass is 32.1. The fourth-order valence-electron chi connectivity index (χ4n) is 1.09. The second kappa shape index (κ2) is 4.26. The number of nitrogens with zero attached hydrogens (tertiary/aromatic N) is 2. The van der Waals surface area contributed by atoms with E-state index in [9.17, 15) is 4.21 Å². The molecule has 5 heteroatoms. The third kappa shape index (κ3) is 1.78. The fraction of sp³-hybridized carbons (Fsp3) is 0. The highest BCUT2D eigenvalue weighted by Crippen LogP contribution is 2.10. The van der Waals surface area contributed by atoms with Gasteiger partial charge < -0.3 is 0 Å². The van der Waals surface area contributed by atoms with Gasteiger partial charge in [0.1, 0.15) is 0 Å². The maximum Gasteiger partial charge on any atom is 0.0987 e. The van der Waals surface area contributed by atoms with Crippen LogP contribution in [0.4, 0.5) is 0 Å². The van der Waals surface area contributed by atoms with Crippen molar-refractivity contribution in [1.82, 2.24) is 9.59 Å². The first-order valence-electron chi connectivity index (χ1n) is 3.92. The summed E-state index contributed by atoms with van der Waals surface area (Å²) >= 11 is 1.71. The van der Waals surface area contributed by atoms with Crippen molar-refractivity contribution in [1.29, 1.82) is 0 Å². The Balaban J connectivity index is 2.48. The van der Waals surface area contributed by atoms with Crippen molar-refractivity contribution in [2.75, 3.05) is 0 Å². The average molecular weight is 222 g/mol. The van der Waals surface area contributed by atoms with Crippen molar-refractivity contribution < 1.29 is 4.21 Å². The van der Waals surface area contributed by atoms with E-state index < -0.39 is 0 Å². The summed E-state index contributed by atoms with van der Waals surface area (Å²) in [7, 11) is 0. The predicted molar refractivity (Wildman–Crippen MR) is 57.7 cm³/mol. The first-order chi connectivity index (χ1) is 6.92. The van der Waals surface area contributed by atoms with Gasteiger partial charge in [0.2, 0.25) is 0 Å². The molecular weight excluding hydrogens is 216 g/mol. The number of rotatable bonds is 2. The summed E-state index contributed by atoms with van der Waals surface area (Å²) < 4.78 is 14.7. The Morgan fingerprint density at radius 2 is 2.07 bits per heavy atom. The molecule has 2 aromatic rings. The molecule has 0 radical (unpaired) electrons. The lowest BCUT2D eigenvalue weighted by atomic mass is 10.1. The van der Waals surface area contributed by atoms with Gasteiger partial charge in [0.15, 0.2) is 0 Å². The van der Waals surface area contributed by atoms with E-state index in [0.29, 0.717) is 16.1 Å². The second-order valence-corrected chi connectivity index (χ2v) is 3.92. The van der Waals surface area contributed by atoms with Crippen molar-refractivity contribution in [3.05, 3.63) is 47.0 Å². The number of hydrogen-bond donors (Lipinski definition) is 0. The zero-order chi connectivity index (χ0) is 9.80. The van der Waals surface area contributed by atoms with Crippen LogP contribution in [0.2, 0.25) is 0 Å². The smallest absolute Gasteiger partial charge is 0.0987 e. The van der Waals surface area contributed by atoms with Crippen LogP contribution in [-0.2, 0) is 11.3 Å². The van der Waals surface area contributed by atoms with E-state index in [-0.39, 0.29) is 0 Å². The third-order valence-electron chi connectivity index (χ3n) is 1.70. The van der Waals surface area contributed by atoms with Crippen LogP contribution in [0.25, 0.3) is 0 Å². The Morgan fingerprint density at radius 3 is 2.64 bits per heavy atom. The maximum absolute atomic E-state index is 11.0. The first-order valence-corrected chi connectivity index (χ1v) is 5.43. The summed E-state index contributed by atoms with van der Waals surface area (Å²) in [5, 5.41) is 3.71. The number of hydrogen-bond acceptors (Lipinski definition) is 4. The van der Waals surface area contributed by atoms with Crippen molar-refractivity contribution in [2.24, 2.45) is 0 Å². The van der Waals surface area contributed by atoms with Crippen LogP contribution in [0.1, 0.15) is 10.4 Å². The van der Waals surface area contributed by atoms with Crippen molar-refractivity contribution in [3.8, 4) is 0 Å². The van der Waals surface area contributed by atoms with Gasteiger partial charge in [-0.2, -0.15) is 0 Å². The third-order valence-corrected chi connectivity index (χ3v) is 3.14. The predicted octanol–water partition coefficient (Wildman–Crippen LogP) is 1.32. The molecule has 70 valence electrons. The Labute approximate surface area is 88.7 Å². The monoisotopic (exact) mass is 222 g/mol. The fourth-order valence-corrected chi connectivity index (χ4v) is 2.15. The van der Waals surface area contributed by atoms with E-state index in [2.05, 4.69) is 9.59 Å². The topological polar surface area (TPSA) is 42.9 Å². The molecule has 2 rings (SSSR count). The lowest BCUT2D eigenvalue weighted by molar-refractivity contribution is 0.701. The van der Waals surface area contributed by atoms with Gasteiger partial charge in [-0.05, 0) is 17.1 Å². The van der Waals surface area contributed by atoms with Gasteiger partial charge in [-0.15, -0.1) is 5.10 Å². The van der Waals surface area contributed by atoms with Gasteiger partial charge in [-0.25, -0.2) is 4.21 Å². The molecule has 0 atom stereocenters. The molecule has 0 spiro atoms. The van der Waals surface area contributed by atoms with Crippen LogP contribution >= 0.6 is 11.5 Å². The molecule has 0 saturated heterocycles. The summed E-state index contributed by atoms with van der Waals surface area (Å²) in [6, 6.07) is 9.53. The Hall–Kier alpha value is -1.33. The highest BCUT2D eigenvalue weighted by molar-refractivity contribution is 7.68. The van der Waals surface area contributed by atoms with Gasteiger partial charge in [0.25, 0.3) is 0 Å². The Kier molecular flexibility index (Phi) is 2.81. The van der Waals surface area contributed by atoms with Gasteiger partial charge >= 0.3 is 0 Å². The second-order valence-electron chi connectivity index (χ2n) is 2.56. The molecule has 0 saturated carbocycles. The highest BCUT2D eigenvalue weighted by Gasteiger charge is 2.07. The summed E-state index contributed by atoms with van der Waals surface area (Å²) in [5.74, 6) is 0. The zero-order valence-electron chi connectivity index (χ0n) is 7.08. The standard InChI is InChI=1S/C9H6N2OS2/c12-14-9(8-6-10-11-13-8)7-4-2-1-3-5-7/h1-6H. The number of aromatic nitrogens is 2. The van der Waals surface area contributed by atoms with E-state index in [1.54, 1.807) is 6.20 Å². The molecule has 0 aliphatic rings. The molecule has 1 aromatic carbocycles. The zero-order valence-corrected chi connectivity index (χ0v) is 8.72. The van der Waals surface area contributed by atoms with Crippen LogP contribution < -0.4 is 0 Å². The average Bonchev–Trinajstić information content (AvgIpc) is 2.74. The van der Waals surface area contributed by atoms with Crippen LogP contribution in [0.5, 0.6) is 0 Å². The van der Waals surface area contributed by atoms with E-state index in [0.717, 1.165) is 10.4 Å². The maximum atomic E-state index is 11.0. The molecule has 1 aromatic heterocycles.